The largest absolute Gasteiger partial charge is 0.385 e. The van der Waals surface area contributed by atoms with E-state index in [4.69, 9.17) is 0 Å². The van der Waals surface area contributed by atoms with Crippen LogP contribution in [0.4, 0.5) is 5.69 Å². The van der Waals surface area contributed by atoms with E-state index in [9.17, 15) is 14.4 Å². The maximum atomic E-state index is 13.0. The molecular weight excluding hydrogens is 500 g/mol. The number of anilines is 1. The van der Waals surface area contributed by atoms with E-state index in [0.29, 0.717) is 24.1 Å². The lowest BCUT2D eigenvalue weighted by atomic mass is 9.62. The van der Waals surface area contributed by atoms with Crippen LogP contribution in [0, 0.1) is 17.8 Å². The van der Waals surface area contributed by atoms with Crippen molar-refractivity contribution in [3.05, 3.63) is 29.3 Å². The number of hydrogen-bond acceptors (Lipinski definition) is 5. The Hall–Kier alpha value is -2.41. The second-order valence-electron chi connectivity index (χ2n) is 13.2. The molecule has 222 valence electrons. The maximum absolute atomic E-state index is 13.0. The molecule has 2 fully saturated rings. The number of rotatable bonds is 16. The molecule has 1 heterocycles. The van der Waals surface area contributed by atoms with E-state index >= 15 is 0 Å². The molecule has 2 amide bonds. The minimum Gasteiger partial charge on any atom is -0.385 e. The van der Waals surface area contributed by atoms with Crippen molar-refractivity contribution in [2.24, 2.45) is 17.8 Å². The Bertz CT molecular complexity index is 993. The zero-order valence-electron chi connectivity index (χ0n) is 25.1. The fraction of sp³-hybridized carbons (Fsp3) is 0.727. The van der Waals surface area contributed by atoms with E-state index in [-0.39, 0.29) is 18.2 Å². The molecule has 2 saturated carbocycles. The van der Waals surface area contributed by atoms with Gasteiger partial charge in [0.05, 0.1) is 6.04 Å². The first-order chi connectivity index (χ1) is 19.3. The zero-order valence-corrected chi connectivity index (χ0v) is 25.1. The summed E-state index contributed by atoms with van der Waals surface area (Å²) in [6.45, 7) is 7.35. The van der Waals surface area contributed by atoms with Crippen LogP contribution in [-0.2, 0) is 16.1 Å². The molecule has 3 atom stereocenters. The van der Waals surface area contributed by atoms with Crippen LogP contribution >= 0.6 is 0 Å². The number of benzene rings is 1. The van der Waals surface area contributed by atoms with E-state index in [2.05, 4.69) is 29.8 Å². The highest BCUT2D eigenvalue weighted by Gasteiger charge is 2.40. The summed E-state index contributed by atoms with van der Waals surface area (Å²) in [5.41, 5.74) is 2.95. The van der Waals surface area contributed by atoms with E-state index in [1.54, 1.807) is 11.9 Å². The molecule has 3 aliphatic rings. The van der Waals surface area contributed by atoms with Crippen LogP contribution in [0.2, 0.25) is 0 Å². The van der Waals surface area contributed by atoms with Crippen molar-refractivity contribution in [3.8, 4) is 0 Å². The standard InChI is InChI=1S/C33H52N4O3/c1-24-17-25-19-26(18-24)21-33(2,20-25)36-16-9-7-5-4-6-8-15-35-30-12-10-11-28-29(30)22-37(32(28)40)27(23-38)13-14-31(39)34-3/h10-12,23-27,35-36H,4-9,13-22H2,1-3H3,(H,34,39). The molecule has 2 aliphatic carbocycles. The lowest BCUT2D eigenvalue weighted by Gasteiger charge is -2.47. The van der Waals surface area contributed by atoms with Crippen LogP contribution in [0.15, 0.2) is 18.2 Å². The quantitative estimate of drug-likeness (QED) is 0.181. The van der Waals surface area contributed by atoms with Gasteiger partial charge >= 0.3 is 0 Å². The van der Waals surface area contributed by atoms with Crippen LogP contribution in [-0.4, -0.2) is 54.7 Å². The molecule has 4 rings (SSSR count). The van der Waals surface area contributed by atoms with Crippen molar-refractivity contribution in [3.63, 3.8) is 0 Å². The molecule has 0 radical (unpaired) electrons. The number of fused-ring (bicyclic) bond motifs is 3. The van der Waals surface area contributed by atoms with Gasteiger partial charge in [-0.3, -0.25) is 9.59 Å². The Morgan fingerprint density at radius 1 is 1.05 bits per heavy atom. The van der Waals surface area contributed by atoms with Gasteiger partial charge in [-0.2, -0.15) is 0 Å². The number of carbonyl (C=O) groups excluding carboxylic acids is 3. The van der Waals surface area contributed by atoms with Crippen LogP contribution in [0.25, 0.3) is 0 Å². The van der Waals surface area contributed by atoms with Gasteiger partial charge in [-0.1, -0.05) is 38.7 Å². The van der Waals surface area contributed by atoms with Crippen molar-refractivity contribution in [2.75, 3.05) is 25.5 Å². The highest BCUT2D eigenvalue weighted by molar-refractivity contribution is 6.01. The monoisotopic (exact) mass is 552 g/mol. The molecule has 40 heavy (non-hydrogen) atoms. The van der Waals surface area contributed by atoms with Crippen LogP contribution in [0.3, 0.4) is 0 Å². The molecule has 3 N–H and O–H groups in total. The van der Waals surface area contributed by atoms with Gasteiger partial charge in [-0.25, -0.2) is 0 Å². The second-order valence-corrected chi connectivity index (χ2v) is 13.2. The number of unbranched alkanes of at least 4 members (excludes halogenated alkanes) is 5. The average Bonchev–Trinajstić information content (AvgIpc) is 3.26. The number of nitrogens with one attached hydrogen (secondary N) is 3. The van der Waals surface area contributed by atoms with Gasteiger partial charge in [0.15, 0.2) is 0 Å². The molecule has 3 unspecified atom stereocenters. The summed E-state index contributed by atoms with van der Waals surface area (Å²) in [6.07, 6.45) is 15.8. The summed E-state index contributed by atoms with van der Waals surface area (Å²) in [5, 5.41) is 10.1. The summed E-state index contributed by atoms with van der Waals surface area (Å²) in [4.78, 5) is 37.9. The van der Waals surface area contributed by atoms with Crippen molar-refractivity contribution in [2.45, 2.75) is 115 Å². The molecule has 0 spiro atoms. The maximum Gasteiger partial charge on any atom is 0.255 e. The number of carbonyl (C=O) groups is 3. The average molecular weight is 553 g/mol. The first-order valence-corrected chi connectivity index (χ1v) is 15.9. The lowest BCUT2D eigenvalue weighted by Crippen LogP contribution is -2.50. The minimum absolute atomic E-state index is 0.125. The van der Waals surface area contributed by atoms with Gasteiger partial charge in [-0.05, 0) is 94.7 Å². The van der Waals surface area contributed by atoms with Crippen molar-refractivity contribution in [1.29, 1.82) is 0 Å². The Kier molecular flexibility index (Phi) is 11.1. The van der Waals surface area contributed by atoms with Gasteiger partial charge < -0.3 is 25.6 Å². The Morgan fingerprint density at radius 3 is 2.40 bits per heavy atom. The van der Waals surface area contributed by atoms with Gasteiger partial charge in [-0.15, -0.1) is 0 Å². The molecule has 0 saturated heterocycles. The van der Waals surface area contributed by atoms with Crippen molar-refractivity contribution >= 4 is 23.8 Å². The van der Waals surface area contributed by atoms with E-state index in [0.717, 1.165) is 54.8 Å². The first kappa shape index (κ1) is 30.5. The third-order valence-electron chi connectivity index (χ3n) is 9.59. The number of hydrogen-bond donors (Lipinski definition) is 3. The topological polar surface area (TPSA) is 90.5 Å². The van der Waals surface area contributed by atoms with Crippen LogP contribution in [0.5, 0.6) is 0 Å². The van der Waals surface area contributed by atoms with E-state index in [1.807, 2.05) is 18.2 Å². The van der Waals surface area contributed by atoms with Crippen LogP contribution in [0.1, 0.15) is 113 Å². The predicted molar refractivity (Wildman–Crippen MR) is 161 cm³/mol. The highest BCUT2D eigenvalue weighted by Crippen LogP contribution is 2.46. The number of aldehydes is 1. The van der Waals surface area contributed by atoms with E-state index < -0.39 is 6.04 Å². The molecular formula is C33H52N4O3. The SMILES string of the molecule is CNC(=O)CCC(C=O)N1Cc2c(NCCCCCCCCNC3(C)CC4CC(C)CC(C4)C3)cccc2C1=O. The number of amides is 2. The third kappa shape index (κ3) is 8.08. The molecule has 1 aromatic rings. The van der Waals surface area contributed by atoms with Gasteiger partial charge in [0, 0.05) is 48.9 Å². The third-order valence-corrected chi connectivity index (χ3v) is 9.59. The lowest BCUT2D eigenvalue weighted by molar-refractivity contribution is -0.121. The number of nitrogens with zero attached hydrogens (tertiary/aromatic N) is 1. The molecule has 1 aliphatic heterocycles. The van der Waals surface area contributed by atoms with Crippen molar-refractivity contribution in [1.82, 2.24) is 15.5 Å². The Balaban J connectivity index is 1.09. The van der Waals surface area contributed by atoms with Gasteiger partial charge in [0.1, 0.15) is 6.29 Å². The molecule has 1 aromatic carbocycles. The summed E-state index contributed by atoms with van der Waals surface area (Å²) in [7, 11) is 1.58. The van der Waals surface area contributed by atoms with Gasteiger partial charge in [0.2, 0.25) is 5.91 Å². The first-order valence-electron chi connectivity index (χ1n) is 15.9. The minimum atomic E-state index is -0.589. The molecule has 0 aromatic heterocycles. The summed E-state index contributed by atoms with van der Waals surface area (Å²) in [6, 6.07) is 5.16. The smallest absolute Gasteiger partial charge is 0.255 e. The molecule has 7 nitrogen and oxygen atoms in total. The molecule has 2 bridgehead atoms. The molecule has 7 heteroatoms. The fourth-order valence-corrected chi connectivity index (χ4v) is 7.79. The second kappa shape index (κ2) is 14.5. The Labute approximate surface area is 241 Å². The van der Waals surface area contributed by atoms with Crippen molar-refractivity contribution < 1.29 is 14.4 Å². The van der Waals surface area contributed by atoms with Gasteiger partial charge in [0.25, 0.3) is 5.91 Å². The summed E-state index contributed by atoms with van der Waals surface area (Å²) in [5.74, 6) is 2.56. The summed E-state index contributed by atoms with van der Waals surface area (Å²) >= 11 is 0. The Morgan fingerprint density at radius 2 is 1.73 bits per heavy atom. The summed E-state index contributed by atoms with van der Waals surface area (Å²) < 4.78 is 0. The van der Waals surface area contributed by atoms with E-state index in [1.165, 1.54) is 64.2 Å². The normalized spacial score (nSPS) is 26.3. The highest BCUT2D eigenvalue weighted by atomic mass is 16.2. The zero-order chi connectivity index (χ0) is 28.5. The fourth-order valence-electron chi connectivity index (χ4n) is 7.79. The predicted octanol–water partition coefficient (Wildman–Crippen LogP) is 5.68. The van der Waals surface area contributed by atoms with Crippen LogP contribution < -0.4 is 16.0 Å².